The van der Waals surface area contributed by atoms with Crippen LogP contribution in [0.4, 0.5) is 0 Å². The average Bonchev–Trinajstić information content (AvgIpc) is 2.96. The van der Waals surface area contributed by atoms with Crippen LogP contribution in [-0.4, -0.2) is 16.1 Å². The molecule has 0 saturated heterocycles. The molecule has 0 bridgehead atoms. The topological polar surface area (TPSA) is 89.3 Å². The molecule has 5 nitrogen and oxygen atoms in total. The number of rotatable bonds is 4. The maximum atomic E-state index is 10.7. The number of carbonyl (C=O) groups is 1. The Morgan fingerprint density at radius 2 is 2.41 bits per heavy atom. The fraction of sp³-hybridized carbons (Fsp3) is 0.273. The summed E-state index contributed by atoms with van der Waals surface area (Å²) in [6.45, 7) is 2.00. The number of nitrogens with zero attached hydrogens (tertiary/aromatic N) is 1. The Labute approximate surface area is 102 Å². The van der Waals surface area contributed by atoms with Gasteiger partial charge in [0.25, 0.3) is 0 Å². The number of hydrogen-bond acceptors (Lipinski definition) is 5. The van der Waals surface area contributed by atoms with E-state index in [0.29, 0.717) is 16.5 Å². The van der Waals surface area contributed by atoms with Gasteiger partial charge in [-0.05, 0) is 12.1 Å². The number of carboxylic acid groups (broad SMARTS) is 1. The zero-order chi connectivity index (χ0) is 12.4. The summed E-state index contributed by atoms with van der Waals surface area (Å²) in [5, 5.41) is 11.1. The third kappa shape index (κ3) is 2.37. The van der Waals surface area contributed by atoms with Crippen LogP contribution in [0.25, 0.3) is 10.8 Å². The molecule has 0 aliphatic rings. The largest absolute Gasteiger partial charge is 0.480 e. The summed E-state index contributed by atoms with van der Waals surface area (Å²) in [7, 11) is 0. The van der Waals surface area contributed by atoms with Crippen LogP contribution in [0.5, 0.6) is 0 Å². The van der Waals surface area contributed by atoms with E-state index in [1.807, 2.05) is 19.1 Å². The predicted octanol–water partition coefficient (Wildman–Crippen LogP) is 2.05. The molecule has 0 aromatic carbocycles. The molecule has 1 unspecified atom stereocenters. The van der Waals surface area contributed by atoms with Crippen molar-refractivity contribution in [2.45, 2.75) is 19.4 Å². The summed E-state index contributed by atoms with van der Waals surface area (Å²) in [5.41, 5.74) is 5.83. The lowest BCUT2D eigenvalue weighted by molar-refractivity contribution is -0.138. The number of hydrogen-bond donors (Lipinski definition) is 2. The van der Waals surface area contributed by atoms with E-state index in [1.54, 1.807) is 5.38 Å². The molecular weight excluding hydrogens is 240 g/mol. The normalized spacial score (nSPS) is 12.6. The molecule has 2 aromatic rings. The summed E-state index contributed by atoms with van der Waals surface area (Å²) < 4.78 is 5.53. The van der Waals surface area contributed by atoms with Crippen LogP contribution in [-0.2, 0) is 11.2 Å². The molecule has 0 radical (unpaired) electrons. The highest BCUT2D eigenvalue weighted by Gasteiger charge is 2.19. The van der Waals surface area contributed by atoms with Gasteiger partial charge in [0.1, 0.15) is 11.8 Å². The Morgan fingerprint density at radius 3 is 3.00 bits per heavy atom. The second kappa shape index (κ2) is 4.68. The molecule has 0 aliphatic carbocycles. The number of thiazole rings is 1. The van der Waals surface area contributed by atoms with Gasteiger partial charge in [-0.25, -0.2) is 4.98 Å². The van der Waals surface area contributed by atoms with Crippen molar-refractivity contribution in [1.82, 2.24) is 4.98 Å². The van der Waals surface area contributed by atoms with E-state index in [2.05, 4.69) is 4.98 Å². The van der Waals surface area contributed by atoms with Crippen molar-refractivity contribution in [2.75, 3.05) is 0 Å². The number of aliphatic carboxylic acids is 1. The lowest BCUT2D eigenvalue weighted by atomic mass is 10.2. The molecule has 2 heterocycles. The fourth-order valence-electron chi connectivity index (χ4n) is 1.35. The van der Waals surface area contributed by atoms with E-state index in [-0.39, 0.29) is 0 Å². The Balaban J connectivity index is 2.26. The van der Waals surface area contributed by atoms with Gasteiger partial charge in [-0.1, -0.05) is 6.92 Å². The van der Waals surface area contributed by atoms with E-state index in [9.17, 15) is 4.79 Å². The van der Waals surface area contributed by atoms with Crippen molar-refractivity contribution >= 4 is 17.3 Å². The van der Waals surface area contributed by atoms with Gasteiger partial charge in [-0.3, -0.25) is 4.79 Å². The zero-order valence-electron chi connectivity index (χ0n) is 9.21. The van der Waals surface area contributed by atoms with Gasteiger partial charge >= 0.3 is 5.97 Å². The second-order valence-corrected chi connectivity index (χ2v) is 4.37. The van der Waals surface area contributed by atoms with Crippen LogP contribution >= 0.6 is 11.3 Å². The Hall–Kier alpha value is -1.66. The number of nitrogens with two attached hydrogens (primary N) is 1. The molecule has 3 N–H and O–H groups in total. The van der Waals surface area contributed by atoms with E-state index < -0.39 is 12.0 Å². The molecule has 0 fully saturated rings. The Morgan fingerprint density at radius 1 is 1.65 bits per heavy atom. The summed E-state index contributed by atoms with van der Waals surface area (Å²) in [5.74, 6) is 0.436. The smallest absolute Gasteiger partial charge is 0.326 e. The summed E-state index contributed by atoms with van der Waals surface area (Å²) in [6, 6.07) is 2.63. The van der Waals surface area contributed by atoms with E-state index in [1.165, 1.54) is 11.3 Å². The van der Waals surface area contributed by atoms with Gasteiger partial charge in [0.05, 0.1) is 5.69 Å². The van der Waals surface area contributed by atoms with Crippen molar-refractivity contribution in [2.24, 2.45) is 5.73 Å². The molecule has 2 rings (SSSR count). The maximum Gasteiger partial charge on any atom is 0.326 e. The van der Waals surface area contributed by atoms with Crippen LogP contribution in [0, 0.1) is 0 Å². The third-order valence-corrected chi connectivity index (χ3v) is 3.20. The molecule has 90 valence electrons. The summed E-state index contributed by atoms with van der Waals surface area (Å²) in [6.07, 6.45) is 0.812. The summed E-state index contributed by atoms with van der Waals surface area (Å²) in [4.78, 5) is 14.9. The van der Waals surface area contributed by atoms with Crippen molar-refractivity contribution in [3.63, 3.8) is 0 Å². The first-order chi connectivity index (χ1) is 8.11. The minimum absolute atomic E-state index is 0.354. The standard InChI is InChI=1S/C11H12N2O3S/c1-2-6-3-4-8(16-6)10-13-7(5-17-10)9(12)11(14)15/h3-5,9H,2,12H2,1H3,(H,14,15). The Bertz CT molecular complexity index is 532. The molecule has 1 atom stereocenters. The van der Waals surface area contributed by atoms with Gasteiger partial charge in [-0.15, -0.1) is 11.3 Å². The van der Waals surface area contributed by atoms with Gasteiger partial charge in [-0.2, -0.15) is 0 Å². The van der Waals surface area contributed by atoms with Gasteiger partial charge in [0.15, 0.2) is 10.8 Å². The van der Waals surface area contributed by atoms with Crippen molar-refractivity contribution < 1.29 is 14.3 Å². The van der Waals surface area contributed by atoms with Gasteiger partial charge < -0.3 is 15.3 Å². The van der Waals surface area contributed by atoms with Crippen LogP contribution in [0.15, 0.2) is 21.9 Å². The molecule has 0 saturated carbocycles. The van der Waals surface area contributed by atoms with Crippen molar-refractivity contribution in [1.29, 1.82) is 0 Å². The SMILES string of the molecule is CCc1ccc(-c2nc(C(N)C(=O)O)cs2)o1. The number of carboxylic acids is 1. The first-order valence-electron chi connectivity index (χ1n) is 5.14. The number of aryl methyl sites for hydroxylation is 1. The highest BCUT2D eigenvalue weighted by molar-refractivity contribution is 7.13. The van der Waals surface area contributed by atoms with E-state index in [0.717, 1.165) is 12.2 Å². The van der Waals surface area contributed by atoms with E-state index >= 15 is 0 Å². The molecule has 6 heteroatoms. The molecule has 2 aromatic heterocycles. The second-order valence-electron chi connectivity index (χ2n) is 3.51. The maximum absolute atomic E-state index is 10.7. The highest BCUT2D eigenvalue weighted by atomic mass is 32.1. The molecule has 17 heavy (non-hydrogen) atoms. The van der Waals surface area contributed by atoms with E-state index in [4.69, 9.17) is 15.3 Å². The molecular formula is C11H12N2O3S. The zero-order valence-corrected chi connectivity index (χ0v) is 10.0. The molecule has 0 spiro atoms. The molecule has 0 aliphatic heterocycles. The van der Waals surface area contributed by atoms with Crippen LogP contribution < -0.4 is 5.73 Å². The van der Waals surface area contributed by atoms with Crippen LogP contribution in [0.1, 0.15) is 24.4 Å². The quantitative estimate of drug-likeness (QED) is 0.869. The lowest BCUT2D eigenvalue weighted by Gasteiger charge is -2.00. The monoisotopic (exact) mass is 252 g/mol. The van der Waals surface area contributed by atoms with Crippen LogP contribution in [0.2, 0.25) is 0 Å². The van der Waals surface area contributed by atoms with Gasteiger partial charge in [0, 0.05) is 11.8 Å². The Kier molecular flexibility index (Phi) is 3.26. The van der Waals surface area contributed by atoms with Crippen molar-refractivity contribution in [3.8, 4) is 10.8 Å². The third-order valence-electron chi connectivity index (χ3n) is 2.33. The fourth-order valence-corrected chi connectivity index (χ4v) is 2.17. The van der Waals surface area contributed by atoms with Gasteiger partial charge in [0.2, 0.25) is 0 Å². The lowest BCUT2D eigenvalue weighted by Crippen LogP contribution is -2.20. The number of furan rings is 1. The first kappa shape index (κ1) is 11.8. The average molecular weight is 252 g/mol. The minimum atomic E-state index is -1.09. The summed E-state index contributed by atoms with van der Waals surface area (Å²) >= 11 is 1.32. The number of aromatic nitrogens is 1. The first-order valence-corrected chi connectivity index (χ1v) is 6.02. The predicted molar refractivity (Wildman–Crippen MR) is 63.8 cm³/mol. The minimum Gasteiger partial charge on any atom is -0.480 e. The van der Waals surface area contributed by atoms with Crippen molar-refractivity contribution in [3.05, 3.63) is 29.0 Å². The molecule has 0 amide bonds. The highest BCUT2D eigenvalue weighted by Crippen LogP contribution is 2.27. The van der Waals surface area contributed by atoms with Crippen LogP contribution in [0.3, 0.4) is 0 Å².